The molecule has 0 aliphatic heterocycles. The van der Waals surface area contributed by atoms with Gasteiger partial charge in [0.2, 0.25) is 0 Å². The third kappa shape index (κ3) is 5.20. The van der Waals surface area contributed by atoms with Crippen molar-refractivity contribution >= 4 is 0 Å². The molecule has 0 amide bonds. The van der Waals surface area contributed by atoms with E-state index in [1.54, 1.807) is 0 Å². The first-order valence-corrected chi connectivity index (χ1v) is 6.26. The van der Waals surface area contributed by atoms with Crippen molar-refractivity contribution in [2.24, 2.45) is 0 Å². The molecule has 1 aromatic rings. The summed E-state index contributed by atoms with van der Waals surface area (Å²) < 4.78 is 10.7. The van der Waals surface area contributed by atoms with Crippen molar-refractivity contribution in [1.29, 1.82) is 0 Å². The summed E-state index contributed by atoms with van der Waals surface area (Å²) in [4.78, 5) is 0. The molecule has 1 unspecified atom stereocenters. The van der Waals surface area contributed by atoms with Crippen molar-refractivity contribution in [3.8, 4) is 5.75 Å². The largest absolute Gasteiger partial charge is 0.494 e. The Kier molecular flexibility index (Phi) is 6.67. The number of benzene rings is 1. The molecule has 0 saturated heterocycles. The standard InChI is InChI=1S/C14H22O3/c1-3-5-10-17-13-8-6-12(7-9-13)14(15)11-16-4-2/h6-9,14-15H,3-5,10-11H2,1-2H3. The lowest BCUT2D eigenvalue weighted by atomic mass is 10.1. The van der Waals surface area contributed by atoms with Crippen LogP contribution in [0.1, 0.15) is 38.4 Å². The van der Waals surface area contributed by atoms with E-state index in [4.69, 9.17) is 9.47 Å². The average molecular weight is 238 g/mol. The Morgan fingerprint density at radius 2 is 1.88 bits per heavy atom. The maximum absolute atomic E-state index is 9.79. The van der Waals surface area contributed by atoms with Crippen molar-refractivity contribution < 1.29 is 14.6 Å². The zero-order valence-corrected chi connectivity index (χ0v) is 10.7. The number of hydrogen-bond acceptors (Lipinski definition) is 3. The van der Waals surface area contributed by atoms with E-state index in [0.29, 0.717) is 13.2 Å². The number of unbranched alkanes of at least 4 members (excludes halogenated alkanes) is 1. The maximum Gasteiger partial charge on any atom is 0.119 e. The molecule has 1 aromatic carbocycles. The molecule has 0 saturated carbocycles. The molecule has 0 fully saturated rings. The van der Waals surface area contributed by atoms with Gasteiger partial charge in [-0.1, -0.05) is 25.5 Å². The first-order valence-electron chi connectivity index (χ1n) is 6.26. The monoisotopic (exact) mass is 238 g/mol. The highest BCUT2D eigenvalue weighted by Crippen LogP contribution is 2.18. The van der Waals surface area contributed by atoms with Gasteiger partial charge in [0.25, 0.3) is 0 Å². The minimum absolute atomic E-state index is 0.340. The van der Waals surface area contributed by atoms with E-state index >= 15 is 0 Å². The summed E-state index contributed by atoms with van der Waals surface area (Å²) in [5.74, 6) is 0.853. The lowest BCUT2D eigenvalue weighted by molar-refractivity contribution is 0.0420. The fourth-order valence-corrected chi connectivity index (χ4v) is 1.45. The van der Waals surface area contributed by atoms with E-state index in [1.807, 2.05) is 31.2 Å². The number of aliphatic hydroxyl groups excluding tert-OH is 1. The lowest BCUT2D eigenvalue weighted by Gasteiger charge is -2.11. The van der Waals surface area contributed by atoms with Gasteiger partial charge < -0.3 is 14.6 Å². The molecule has 3 heteroatoms. The second-order valence-corrected chi connectivity index (χ2v) is 3.95. The molecule has 0 spiro atoms. The normalized spacial score (nSPS) is 12.4. The second kappa shape index (κ2) is 8.09. The molecule has 0 aliphatic rings. The topological polar surface area (TPSA) is 38.7 Å². The molecule has 96 valence electrons. The average Bonchev–Trinajstić information content (AvgIpc) is 2.37. The Labute approximate surface area is 103 Å². The van der Waals surface area contributed by atoms with Gasteiger partial charge in [0.15, 0.2) is 0 Å². The third-order valence-corrected chi connectivity index (χ3v) is 2.51. The van der Waals surface area contributed by atoms with Crippen molar-refractivity contribution in [3.63, 3.8) is 0 Å². The Hall–Kier alpha value is -1.06. The molecule has 1 atom stereocenters. The predicted octanol–water partition coefficient (Wildman–Crippen LogP) is 2.94. The number of hydrogen-bond donors (Lipinski definition) is 1. The van der Waals surface area contributed by atoms with Gasteiger partial charge in [-0.05, 0) is 31.0 Å². The van der Waals surface area contributed by atoms with Crippen LogP contribution in [0.2, 0.25) is 0 Å². The van der Waals surface area contributed by atoms with Crippen LogP contribution in [0.25, 0.3) is 0 Å². The van der Waals surface area contributed by atoms with Gasteiger partial charge >= 0.3 is 0 Å². The summed E-state index contributed by atoms with van der Waals surface area (Å²) in [5, 5.41) is 9.79. The SMILES string of the molecule is CCCCOc1ccc(C(O)COCC)cc1. The van der Waals surface area contributed by atoms with Crippen LogP contribution in [-0.4, -0.2) is 24.9 Å². The predicted molar refractivity (Wildman–Crippen MR) is 68.3 cm³/mol. The van der Waals surface area contributed by atoms with E-state index in [1.165, 1.54) is 0 Å². The molecule has 1 rings (SSSR count). The van der Waals surface area contributed by atoms with E-state index in [0.717, 1.165) is 30.8 Å². The van der Waals surface area contributed by atoms with Gasteiger partial charge in [-0.3, -0.25) is 0 Å². The van der Waals surface area contributed by atoms with Crippen LogP contribution in [0, 0.1) is 0 Å². The molecule has 0 heterocycles. The highest BCUT2D eigenvalue weighted by molar-refractivity contribution is 5.28. The molecule has 3 nitrogen and oxygen atoms in total. The van der Waals surface area contributed by atoms with Crippen LogP contribution in [0.4, 0.5) is 0 Å². The second-order valence-electron chi connectivity index (χ2n) is 3.95. The fourth-order valence-electron chi connectivity index (χ4n) is 1.45. The van der Waals surface area contributed by atoms with E-state index in [-0.39, 0.29) is 0 Å². The van der Waals surface area contributed by atoms with Gasteiger partial charge in [0, 0.05) is 6.61 Å². The van der Waals surface area contributed by atoms with Crippen LogP contribution in [-0.2, 0) is 4.74 Å². The Bertz CT molecular complexity index is 295. The van der Waals surface area contributed by atoms with Crippen LogP contribution in [0.5, 0.6) is 5.75 Å². The highest BCUT2D eigenvalue weighted by Gasteiger charge is 2.07. The first-order chi connectivity index (χ1) is 8.27. The summed E-state index contributed by atoms with van der Waals surface area (Å²) in [6.07, 6.45) is 1.64. The van der Waals surface area contributed by atoms with Crippen molar-refractivity contribution in [1.82, 2.24) is 0 Å². The van der Waals surface area contributed by atoms with Crippen LogP contribution < -0.4 is 4.74 Å². The smallest absolute Gasteiger partial charge is 0.119 e. The van der Waals surface area contributed by atoms with Crippen molar-refractivity contribution in [2.45, 2.75) is 32.8 Å². The van der Waals surface area contributed by atoms with Gasteiger partial charge in [-0.2, -0.15) is 0 Å². The van der Waals surface area contributed by atoms with Gasteiger partial charge in [-0.15, -0.1) is 0 Å². The minimum Gasteiger partial charge on any atom is -0.494 e. The zero-order chi connectivity index (χ0) is 12.5. The van der Waals surface area contributed by atoms with Crippen LogP contribution in [0.3, 0.4) is 0 Å². The third-order valence-electron chi connectivity index (χ3n) is 2.51. The molecule has 1 N–H and O–H groups in total. The van der Waals surface area contributed by atoms with E-state index < -0.39 is 6.10 Å². The molecular weight excluding hydrogens is 216 g/mol. The Morgan fingerprint density at radius 3 is 2.47 bits per heavy atom. The first kappa shape index (κ1) is 14.0. The minimum atomic E-state index is -0.556. The summed E-state index contributed by atoms with van der Waals surface area (Å²) >= 11 is 0. The Balaban J connectivity index is 2.43. The van der Waals surface area contributed by atoms with Crippen molar-refractivity contribution in [2.75, 3.05) is 19.8 Å². The molecule has 0 aromatic heterocycles. The summed E-state index contributed by atoms with van der Waals surface area (Å²) in [6.45, 7) is 5.76. The Morgan fingerprint density at radius 1 is 1.18 bits per heavy atom. The number of rotatable bonds is 8. The van der Waals surface area contributed by atoms with Crippen LogP contribution >= 0.6 is 0 Å². The molecule has 0 bridgehead atoms. The fraction of sp³-hybridized carbons (Fsp3) is 0.571. The molecule has 0 radical (unpaired) electrons. The molecule has 0 aliphatic carbocycles. The van der Waals surface area contributed by atoms with Gasteiger partial charge in [-0.25, -0.2) is 0 Å². The van der Waals surface area contributed by atoms with E-state index in [2.05, 4.69) is 6.92 Å². The lowest BCUT2D eigenvalue weighted by Crippen LogP contribution is -2.07. The quantitative estimate of drug-likeness (QED) is 0.708. The van der Waals surface area contributed by atoms with Crippen LogP contribution in [0.15, 0.2) is 24.3 Å². The summed E-state index contributed by atoms with van der Waals surface area (Å²) in [6, 6.07) is 7.54. The van der Waals surface area contributed by atoms with Gasteiger partial charge in [0.1, 0.15) is 11.9 Å². The molecular formula is C14H22O3. The summed E-state index contributed by atoms with van der Waals surface area (Å²) in [7, 11) is 0. The summed E-state index contributed by atoms with van der Waals surface area (Å²) in [5.41, 5.74) is 0.862. The number of ether oxygens (including phenoxy) is 2. The molecule has 17 heavy (non-hydrogen) atoms. The van der Waals surface area contributed by atoms with E-state index in [9.17, 15) is 5.11 Å². The van der Waals surface area contributed by atoms with Gasteiger partial charge in [0.05, 0.1) is 13.2 Å². The maximum atomic E-state index is 9.79. The zero-order valence-electron chi connectivity index (χ0n) is 10.7. The highest BCUT2D eigenvalue weighted by atomic mass is 16.5. The number of aliphatic hydroxyl groups is 1. The van der Waals surface area contributed by atoms with Crippen molar-refractivity contribution in [3.05, 3.63) is 29.8 Å².